The second kappa shape index (κ2) is 16.4. The SMILES string of the molecule is c1ccc(-c2cc(-c3ccccc3)nc(-c3cccc(-c4ccccc4-c4ccccc4-c4cccc(-c5nc(-c6ccccc6)cc(-c6ccccc6)n5)c4)c3)n2)cc1. The Morgan fingerprint density at radius 2 is 0.433 bits per heavy atom. The lowest BCUT2D eigenvalue weighted by atomic mass is 9.88. The molecule has 0 aliphatic heterocycles. The summed E-state index contributed by atoms with van der Waals surface area (Å²) < 4.78 is 0. The zero-order chi connectivity index (χ0) is 40.1. The van der Waals surface area contributed by atoms with Gasteiger partial charge in [0.25, 0.3) is 0 Å². The molecule has 4 heteroatoms. The first-order valence-electron chi connectivity index (χ1n) is 20.1. The minimum atomic E-state index is 0.681. The number of benzene rings is 8. The Bertz CT molecular complexity index is 2750. The molecular weight excluding hydrogens is 729 g/mol. The molecule has 0 saturated carbocycles. The van der Waals surface area contributed by atoms with E-state index >= 15 is 0 Å². The molecule has 0 saturated heterocycles. The summed E-state index contributed by atoms with van der Waals surface area (Å²) in [5.41, 5.74) is 16.3. The highest BCUT2D eigenvalue weighted by atomic mass is 14.9. The predicted molar refractivity (Wildman–Crippen MR) is 247 cm³/mol. The average molecular weight is 767 g/mol. The second-order valence-corrected chi connectivity index (χ2v) is 14.6. The van der Waals surface area contributed by atoms with E-state index in [9.17, 15) is 0 Å². The molecule has 60 heavy (non-hydrogen) atoms. The number of aromatic nitrogens is 4. The molecule has 0 aliphatic carbocycles. The number of rotatable bonds is 9. The minimum absolute atomic E-state index is 0.681. The molecule has 4 nitrogen and oxygen atoms in total. The Morgan fingerprint density at radius 3 is 0.750 bits per heavy atom. The Balaban J connectivity index is 1.05. The van der Waals surface area contributed by atoms with Crippen LogP contribution in [0.25, 0.3) is 101 Å². The van der Waals surface area contributed by atoms with Crippen LogP contribution in [0.1, 0.15) is 0 Å². The lowest BCUT2D eigenvalue weighted by molar-refractivity contribution is 1.18. The fourth-order valence-corrected chi connectivity index (χ4v) is 7.77. The predicted octanol–water partition coefficient (Wildman–Crippen LogP) is 14.3. The molecule has 0 bridgehead atoms. The van der Waals surface area contributed by atoms with Crippen molar-refractivity contribution < 1.29 is 0 Å². The highest BCUT2D eigenvalue weighted by molar-refractivity contribution is 5.93. The van der Waals surface area contributed by atoms with Crippen molar-refractivity contribution in [2.24, 2.45) is 0 Å². The molecule has 0 spiro atoms. The van der Waals surface area contributed by atoms with Crippen molar-refractivity contribution in [2.75, 3.05) is 0 Å². The van der Waals surface area contributed by atoms with E-state index in [2.05, 4.69) is 158 Å². The van der Waals surface area contributed by atoms with E-state index in [-0.39, 0.29) is 0 Å². The molecule has 2 aromatic heterocycles. The summed E-state index contributed by atoms with van der Waals surface area (Å²) >= 11 is 0. The Morgan fingerprint density at radius 1 is 0.183 bits per heavy atom. The molecule has 282 valence electrons. The van der Waals surface area contributed by atoms with Gasteiger partial charge in [-0.3, -0.25) is 0 Å². The lowest BCUT2D eigenvalue weighted by Crippen LogP contribution is -1.96. The number of nitrogens with zero attached hydrogens (tertiary/aromatic N) is 4. The molecule has 0 amide bonds. The summed E-state index contributed by atoms with van der Waals surface area (Å²) in [6.45, 7) is 0. The van der Waals surface area contributed by atoms with Gasteiger partial charge < -0.3 is 0 Å². The standard InChI is InChI=1S/C56H38N4/c1-5-19-39(20-6-1)51-37-52(40-21-7-2-8-22-40)58-55(57-51)45-29-17-27-43(35-45)47-31-13-15-33-49(47)50-34-16-14-32-48(50)44-28-18-30-46(36-44)56-59-53(41-23-9-3-10-24-41)38-54(60-56)42-25-11-4-12-26-42/h1-38H. The molecule has 0 N–H and O–H groups in total. The zero-order valence-electron chi connectivity index (χ0n) is 32.7. The van der Waals surface area contributed by atoms with Crippen molar-refractivity contribution >= 4 is 0 Å². The van der Waals surface area contributed by atoms with Gasteiger partial charge in [-0.25, -0.2) is 19.9 Å². The second-order valence-electron chi connectivity index (χ2n) is 14.6. The van der Waals surface area contributed by atoms with Crippen LogP contribution in [0.15, 0.2) is 231 Å². The van der Waals surface area contributed by atoms with E-state index in [0.29, 0.717) is 11.6 Å². The van der Waals surface area contributed by atoms with Gasteiger partial charge in [0.05, 0.1) is 22.8 Å². The van der Waals surface area contributed by atoms with Crippen molar-refractivity contribution in [1.29, 1.82) is 0 Å². The highest BCUT2D eigenvalue weighted by Gasteiger charge is 2.17. The van der Waals surface area contributed by atoms with Crippen LogP contribution in [-0.4, -0.2) is 19.9 Å². The maximum Gasteiger partial charge on any atom is 0.160 e. The minimum Gasteiger partial charge on any atom is -0.228 e. The first-order chi connectivity index (χ1) is 29.7. The van der Waals surface area contributed by atoms with Crippen molar-refractivity contribution in [3.63, 3.8) is 0 Å². The molecule has 0 unspecified atom stereocenters. The van der Waals surface area contributed by atoms with Gasteiger partial charge >= 0.3 is 0 Å². The summed E-state index contributed by atoms with van der Waals surface area (Å²) in [5.74, 6) is 1.36. The van der Waals surface area contributed by atoms with Crippen molar-refractivity contribution in [1.82, 2.24) is 19.9 Å². The van der Waals surface area contributed by atoms with Crippen LogP contribution in [-0.2, 0) is 0 Å². The van der Waals surface area contributed by atoms with Crippen molar-refractivity contribution in [3.05, 3.63) is 231 Å². The zero-order valence-corrected chi connectivity index (χ0v) is 32.7. The average Bonchev–Trinajstić information content (AvgIpc) is 3.35. The van der Waals surface area contributed by atoms with E-state index < -0.39 is 0 Å². The normalized spacial score (nSPS) is 11.0. The van der Waals surface area contributed by atoms with Gasteiger partial charge in [0.1, 0.15) is 0 Å². The fourth-order valence-electron chi connectivity index (χ4n) is 7.77. The topological polar surface area (TPSA) is 51.6 Å². The molecule has 10 aromatic rings. The van der Waals surface area contributed by atoms with Crippen LogP contribution in [0, 0.1) is 0 Å². The van der Waals surface area contributed by atoms with E-state index in [4.69, 9.17) is 19.9 Å². The lowest BCUT2D eigenvalue weighted by Gasteiger charge is -2.16. The molecule has 2 heterocycles. The molecule has 8 aromatic carbocycles. The molecule has 0 atom stereocenters. The number of hydrogen-bond donors (Lipinski definition) is 0. The monoisotopic (exact) mass is 766 g/mol. The quantitative estimate of drug-likeness (QED) is 0.147. The fraction of sp³-hybridized carbons (Fsp3) is 0. The molecule has 0 radical (unpaired) electrons. The largest absolute Gasteiger partial charge is 0.228 e. The van der Waals surface area contributed by atoms with Crippen LogP contribution in [0.4, 0.5) is 0 Å². The summed E-state index contributed by atoms with van der Waals surface area (Å²) in [4.78, 5) is 20.5. The van der Waals surface area contributed by atoms with Crippen LogP contribution in [0.5, 0.6) is 0 Å². The van der Waals surface area contributed by atoms with Crippen LogP contribution in [0.3, 0.4) is 0 Å². The highest BCUT2D eigenvalue weighted by Crippen LogP contribution is 2.40. The van der Waals surface area contributed by atoms with Crippen LogP contribution < -0.4 is 0 Å². The summed E-state index contributed by atoms with van der Waals surface area (Å²) in [6, 6.07) is 79.8. The van der Waals surface area contributed by atoms with Crippen LogP contribution in [0.2, 0.25) is 0 Å². The Labute approximate surface area is 350 Å². The van der Waals surface area contributed by atoms with E-state index in [1.807, 2.05) is 72.8 Å². The van der Waals surface area contributed by atoms with Gasteiger partial charge in [-0.2, -0.15) is 0 Å². The smallest absolute Gasteiger partial charge is 0.160 e. The van der Waals surface area contributed by atoms with Gasteiger partial charge in [0, 0.05) is 33.4 Å². The summed E-state index contributed by atoms with van der Waals surface area (Å²) in [6.07, 6.45) is 0. The van der Waals surface area contributed by atoms with Crippen molar-refractivity contribution in [3.8, 4) is 101 Å². The summed E-state index contributed by atoms with van der Waals surface area (Å²) in [5, 5.41) is 0. The molecule has 10 rings (SSSR count). The van der Waals surface area contributed by atoms with Gasteiger partial charge in [-0.1, -0.05) is 206 Å². The maximum absolute atomic E-state index is 5.13. The Kier molecular flexibility index (Phi) is 9.92. The van der Waals surface area contributed by atoms with Crippen molar-refractivity contribution in [2.45, 2.75) is 0 Å². The van der Waals surface area contributed by atoms with Gasteiger partial charge in [0.15, 0.2) is 11.6 Å². The first-order valence-corrected chi connectivity index (χ1v) is 20.1. The third-order valence-corrected chi connectivity index (χ3v) is 10.7. The maximum atomic E-state index is 5.13. The van der Waals surface area contributed by atoms with Crippen LogP contribution >= 0.6 is 0 Å². The van der Waals surface area contributed by atoms with Gasteiger partial charge in [-0.05, 0) is 57.6 Å². The van der Waals surface area contributed by atoms with E-state index in [0.717, 1.165) is 89.5 Å². The number of hydrogen-bond acceptors (Lipinski definition) is 4. The molecular formula is C56H38N4. The van der Waals surface area contributed by atoms with E-state index in [1.54, 1.807) is 0 Å². The molecule has 0 fully saturated rings. The third kappa shape index (κ3) is 7.53. The van der Waals surface area contributed by atoms with Gasteiger partial charge in [0.2, 0.25) is 0 Å². The third-order valence-electron chi connectivity index (χ3n) is 10.7. The summed E-state index contributed by atoms with van der Waals surface area (Å²) in [7, 11) is 0. The Hall–Kier alpha value is -8.08. The van der Waals surface area contributed by atoms with Gasteiger partial charge in [-0.15, -0.1) is 0 Å². The molecule has 0 aliphatic rings. The first kappa shape index (κ1) is 36.3. The van der Waals surface area contributed by atoms with E-state index in [1.165, 1.54) is 0 Å².